The average molecular weight is 479 g/mol. The number of hydrazine groups is 1. The molecule has 4 aromatic rings. The smallest absolute Gasteiger partial charge is 0.332 e. The number of alkyl halides is 2. The lowest BCUT2D eigenvalue weighted by molar-refractivity contribution is 0.0572. The van der Waals surface area contributed by atoms with Gasteiger partial charge in [-0.3, -0.25) is 20.1 Å². The van der Waals surface area contributed by atoms with Crippen molar-refractivity contribution in [3.8, 4) is 5.75 Å². The third-order valence-corrected chi connectivity index (χ3v) is 6.17. The molecule has 0 saturated heterocycles. The standard InChI is InChI=1S/C26H28F2N6O/c1-16-6-5-7-17(2)22(16)15-34-23-12-20(13-31-24(23)18(3)32-34)26(27,28)25(29)33(30)14-19-8-10-21(35-4)11-9-19/h5-13,29H,14-15,30H2,1-4H3. The van der Waals surface area contributed by atoms with Crippen LogP contribution in [0.2, 0.25) is 0 Å². The zero-order valence-corrected chi connectivity index (χ0v) is 20.1. The number of halogens is 2. The molecule has 0 radical (unpaired) electrons. The molecular formula is C26H28F2N6O. The molecule has 0 amide bonds. The Kier molecular flexibility index (Phi) is 6.53. The van der Waals surface area contributed by atoms with Gasteiger partial charge in [0.05, 0.1) is 31.4 Å². The zero-order valence-electron chi connectivity index (χ0n) is 20.1. The van der Waals surface area contributed by atoms with Gasteiger partial charge in [0.2, 0.25) is 0 Å². The molecule has 182 valence electrons. The molecule has 0 fully saturated rings. The number of amidine groups is 1. The summed E-state index contributed by atoms with van der Waals surface area (Å²) in [4.78, 5) is 4.27. The van der Waals surface area contributed by atoms with Crippen LogP contribution < -0.4 is 10.6 Å². The van der Waals surface area contributed by atoms with Crippen LogP contribution in [0.3, 0.4) is 0 Å². The molecule has 0 saturated carbocycles. The SMILES string of the molecule is COc1ccc(CN(N)C(=N)C(F)(F)c2cnc3c(C)nn(Cc4c(C)cccc4C)c3c2)cc1. The first-order chi connectivity index (χ1) is 16.6. The van der Waals surface area contributed by atoms with Gasteiger partial charge in [-0.15, -0.1) is 0 Å². The van der Waals surface area contributed by atoms with Gasteiger partial charge in [0, 0.05) is 11.8 Å². The number of methoxy groups -OCH3 is 1. The molecule has 2 heterocycles. The van der Waals surface area contributed by atoms with E-state index in [-0.39, 0.29) is 6.54 Å². The highest BCUT2D eigenvalue weighted by atomic mass is 19.3. The fraction of sp³-hybridized carbons (Fsp3) is 0.269. The summed E-state index contributed by atoms with van der Waals surface area (Å²) < 4.78 is 37.6. The van der Waals surface area contributed by atoms with Gasteiger partial charge in [-0.25, -0.2) is 5.84 Å². The van der Waals surface area contributed by atoms with Gasteiger partial charge in [0.15, 0.2) is 5.84 Å². The van der Waals surface area contributed by atoms with Crippen LogP contribution in [0.25, 0.3) is 11.0 Å². The van der Waals surface area contributed by atoms with E-state index in [0.29, 0.717) is 34.6 Å². The number of aryl methyl sites for hydroxylation is 3. The maximum atomic E-state index is 15.4. The number of nitrogens with zero attached hydrogens (tertiary/aromatic N) is 4. The summed E-state index contributed by atoms with van der Waals surface area (Å²) in [6.45, 7) is 6.19. The first-order valence-corrected chi connectivity index (χ1v) is 11.1. The normalized spacial score (nSPS) is 11.6. The molecule has 0 aliphatic rings. The highest BCUT2D eigenvalue weighted by Crippen LogP contribution is 2.32. The first-order valence-electron chi connectivity index (χ1n) is 11.1. The van der Waals surface area contributed by atoms with E-state index in [9.17, 15) is 0 Å². The van der Waals surface area contributed by atoms with Gasteiger partial charge in [-0.1, -0.05) is 30.3 Å². The minimum Gasteiger partial charge on any atom is -0.497 e. The molecule has 9 heteroatoms. The van der Waals surface area contributed by atoms with Crippen LogP contribution in [0.5, 0.6) is 5.75 Å². The Balaban J connectivity index is 1.63. The Morgan fingerprint density at radius 2 is 1.77 bits per heavy atom. The second kappa shape index (κ2) is 9.42. The number of nitrogens with two attached hydrogens (primary N) is 1. The lowest BCUT2D eigenvalue weighted by Gasteiger charge is -2.26. The van der Waals surface area contributed by atoms with Crippen molar-refractivity contribution in [1.29, 1.82) is 5.41 Å². The quantitative estimate of drug-likeness (QED) is 0.171. The summed E-state index contributed by atoms with van der Waals surface area (Å²) >= 11 is 0. The summed E-state index contributed by atoms with van der Waals surface area (Å²) in [6.07, 6.45) is 1.09. The Labute approximate surface area is 202 Å². The number of nitrogens with one attached hydrogen (secondary N) is 1. The third kappa shape index (κ3) is 4.72. The van der Waals surface area contributed by atoms with Crippen molar-refractivity contribution in [3.05, 3.63) is 88.2 Å². The molecule has 35 heavy (non-hydrogen) atoms. The van der Waals surface area contributed by atoms with Crippen LogP contribution in [0.15, 0.2) is 54.7 Å². The van der Waals surface area contributed by atoms with Crippen molar-refractivity contribution in [2.75, 3.05) is 7.11 Å². The van der Waals surface area contributed by atoms with E-state index >= 15 is 8.78 Å². The van der Waals surface area contributed by atoms with E-state index in [4.69, 9.17) is 16.0 Å². The van der Waals surface area contributed by atoms with Gasteiger partial charge in [0.25, 0.3) is 0 Å². The molecule has 0 aliphatic heterocycles. The Hall–Kier alpha value is -3.85. The number of hydrogen-bond donors (Lipinski definition) is 2. The molecule has 0 aliphatic carbocycles. The second-order valence-electron chi connectivity index (χ2n) is 8.60. The molecule has 0 bridgehead atoms. The van der Waals surface area contributed by atoms with Crippen molar-refractivity contribution < 1.29 is 13.5 Å². The molecule has 2 aromatic carbocycles. The van der Waals surface area contributed by atoms with Crippen molar-refractivity contribution in [3.63, 3.8) is 0 Å². The fourth-order valence-corrected chi connectivity index (χ4v) is 4.08. The van der Waals surface area contributed by atoms with Crippen molar-refractivity contribution in [2.45, 2.75) is 39.8 Å². The first kappa shape index (κ1) is 24.3. The average Bonchev–Trinajstić information content (AvgIpc) is 3.16. The van der Waals surface area contributed by atoms with Crippen LogP contribution in [0, 0.1) is 26.2 Å². The Bertz CT molecular complexity index is 1360. The highest BCUT2D eigenvalue weighted by Gasteiger charge is 2.41. The number of pyridine rings is 1. The maximum Gasteiger partial charge on any atom is 0.332 e. The molecular weight excluding hydrogens is 450 g/mol. The monoisotopic (exact) mass is 478 g/mol. The summed E-state index contributed by atoms with van der Waals surface area (Å²) in [5.74, 6) is 1.86. The van der Waals surface area contributed by atoms with Crippen LogP contribution in [-0.4, -0.2) is 32.7 Å². The van der Waals surface area contributed by atoms with Gasteiger partial charge in [0.1, 0.15) is 11.3 Å². The number of ether oxygens (including phenoxy) is 1. The molecule has 0 atom stereocenters. The Morgan fingerprint density at radius 3 is 2.40 bits per heavy atom. The maximum absolute atomic E-state index is 15.4. The highest BCUT2D eigenvalue weighted by molar-refractivity contribution is 5.88. The van der Waals surface area contributed by atoms with Crippen LogP contribution in [0.4, 0.5) is 8.78 Å². The van der Waals surface area contributed by atoms with E-state index in [0.717, 1.165) is 27.9 Å². The van der Waals surface area contributed by atoms with Gasteiger partial charge in [-0.2, -0.15) is 13.9 Å². The summed E-state index contributed by atoms with van der Waals surface area (Å²) in [7, 11) is 1.54. The van der Waals surface area contributed by atoms with Gasteiger partial charge >= 0.3 is 5.92 Å². The number of hydrogen-bond acceptors (Lipinski definition) is 5. The Morgan fingerprint density at radius 1 is 1.11 bits per heavy atom. The predicted molar refractivity (Wildman–Crippen MR) is 132 cm³/mol. The van der Waals surface area contributed by atoms with Crippen molar-refractivity contribution >= 4 is 16.9 Å². The molecule has 3 N–H and O–H groups in total. The lowest BCUT2D eigenvalue weighted by atomic mass is 10.0. The van der Waals surface area contributed by atoms with Crippen LogP contribution >= 0.6 is 0 Å². The summed E-state index contributed by atoms with van der Waals surface area (Å²) in [6, 6.07) is 14.2. The number of rotatable bonds is 7. The second-order valence-corrected chi connectivity index (χ2v) is 8.60. The van der Waals surface area contributed by atoms with E-state index in [1.807, 2.05) is 32.0 Å². The molecule has 2 aromatic heterocycles. The molecule has 0 unspecified atom stereocenters. The summed E-state index contributed by atoms with van der Waals surface area (Å²) in [5.41, 5.74) is 5.21. The van der Waals surface area contributed by atoms with E-state index in [2.05, 4.69) is 10.1 Å². The van der Waals surface area contributed by atoms with Crippen LogP contribution in [-0.2, 0) is 19.0 Å². The predicted octanol–water partition coefficient (Wildman–Crippen LogP) is 4.86. The van der Waals surface area contributed by atoms with Crippen molar-refractivity contribution in [1.82, 2.24) is 19.8 Å². The minimum absolute atomic E-state index is 0.0578. The third-order valence-electron chi connectivity index (χ3n) is 6.17. The minimum atomic E-state index is -3.65. The topological polar surface area (TPSA) is 93.1 Å². The van der Waals surface area contributed by atoms with E-state index in [1.54, 1.807) is 43.0 Å². The van der Waals surface area contributed by atoms with Crippen LogP contribution in [0.1, 0.15) is 33.5 Å². The number of fused-ring (bicyclic) bond motifs is 1. The largest absolute Gasteiger partial charge is 0.497 e. The molecule has 0 spiro atoms. The summed E-state index contributed by atoms with van der Waals surface area (Å²) in [5, 5.41) is 13.4. The van der Waals surface area contributed by atoms with E-state index < -0.39 is 17.3 Å². The fourth-order valence-electron chi connectivity index (χ4n) is 4.08. The zero-order chi connectivity index (χ0) is 25.3. The van der Waals surface area contributed by atoms with Gasteiger partial charge in [-0.05, 0) is 61.2 Å². The van der Waals surface area contributed by atoms with Crippen molar-refractivity contribution in [2.24, 2.45) is 5.84 Å². The van der Waals surface area contributed by atoms with Gasteiger partial charge < -0.3 is 4.74 Å². The number of aromatic nitrogens is 3. The molecule has 7 nitrogen and oxygen atoms in total. The molecule has 4 rings (SSSR count). The van der Waals surface area contributed by atoms with E-state index in [1.165, 1.54) is 6.07 Å². The lowest BCUT2D eigenvalue weighted by Crippen LogP contribution is -2.45. The number of benzene rings is 2.